The molecule has 1 saturated carbocycles. The average Bonchev–Trinajstić information content (AvgIpc) is 3.03. The summed E-state index contributed by atoms with van der Waals surface area (Å²) < 4.78 is 0. The number of carboxylic acids is 1. The molecule has 0 bridgehead atoms. The monoisotopic (exact) mass is 282 g/mol. The summed E-state index contributed by atoms with van der Waals surface area (Å²) in [5.74, 6) is -0.359. The first-order chi connectivity index (χ1) is 9.59. The quantitative estimate of drug-likeness (QED) is 0.761. The van der Waals surface area contributed by atoms with E-state index >= 15 is 0 Å². The van der Waals surface area contributed by atoms with E-state index in [4.69, 9.17) is 5.11 Å². The summed E-state index contributed by atoms with van der Waals surface area (Å²) in [5, 5.41) is 12.0. The molecule has 2 aliphatic rings. The fourth-order valence-corrected chi connectivity index (χ4v) is 3.54. The van der Waals surface area contributed by atoms with Crippen LogP contribution >= 0.6 is 0 Å². The maximum atomic E-state index is 12.0. The minimum Gasteiger partial charge on any atom is -0.481 e. The predicted molar refractivity (Wildman–Crippen MR) is 76.5 cm³/mol. The maximum Gasteiger partial charge on any atom is 0.317 e. The van der Waals surface area contributed by atoms with Crippen LogP contribution in [0.2, 0.25) is 0 Å². The second-order valence-electron chi connectivity index (χ2n) is 6.19. The number of carbonyl (C=O) groups is 2. The molecular formula is C15H26N2O3. The van der Waals surface area contributed by atoms with E-state index in [1.54, 1.807) is 4.90 Å². The molecule has 0 radical (unpaired) electrons. The van der Waals surface area contributed by atoms with Crippen LogP contribution in [-0.4, -0.2) is 41.1 Å². The van der Waals surface area contributed by atoms with Crippen LogP contribution in [0.15, 0.2) is 0 Å². The molecule has 5 heteroatoms. The molecule has 1 saturated heterocycles. The number of urea groups is 1. The zero-order chi connectivity index (χ0) is 14.5. The Labute approximate surface area is 120 Å². The highest BCUT2D eigenvalue weighted by molar-refractivity contribution is 5.78. The predicted octanol–water partition coefficient (Wildman–Crippen LogP) is 2.46. The number of amides is 2. The van der Waals surface area contributed by atoms with Gasteiger partial charge in [0.05, 0.1) is 5.92 Å². The van der Waals surface area contributed by atoms with Gasteiger partial charge in [0.15, 0.2) is 0 Å². The SMILES string of the molecule is CC1C(C(=O)O)CCN1C(=O)NCCCC1CCCC1. The molecule has 2 unspecified atom stereocenters. The summed E-state index contributed by atoms with van der Waals surface area (Å²) in [6.07, 6.45) is 8.20. The standard InChI is InChI=1S/C15H26N2O3/c1-11-13(14(18)19)8-10-17(11)15(20)16-9-4-7-12-5-2-3-6-12/h11-13H,2-10H2,1H3,(H,16,20)(H,18,19). The Kier molecular flexibility index (Phi) is 5.26. The number of likely N-dealkylation sites (tertiary alicyclic amines) is 1. The van der Waals surface area contributed by atoms with Crippen molar-refractivity contribution in [1.82, 2.24) is 10.2 Å². The van der Waals surface area contributed by atoms with Crippen molar-refractivity contribution in [3.63, 3.8) is 0 Å². The Morgan fingerprint density at radius 2 is 1.95 bits per heavy atom. The van der Waals surface area contributed by atoms with E-state index in [1.165, 1.54) is 32.1 Å². The van der Waals surface area contributed by atoms with Crippen molar-refractivity contribution < 1.29 is 14.7 Å². The minimum absolute atomic E-state index is 0.104. The number of carboxylic acid groups (broad SMARTS) is 1. The fourth-order valence-electron chi connectivity index (χ4n) is 3.54. The van der Waals surface area contributed by atoms with Gasteiger partial charge in [-0.05, 0) is 32.1 Å². The largest absolute Gasteiger partial charge is 0.481 e. The zero-order valence-corrected chi connectivity index (χ0v) is 12.3. The van der Waals surface area contributed by atoms with Crippen LogP contribution in [0.25, 0.3) is 0 Å². The topological polar surface area (TPSA) is 69.6 Å². The normalized spacial score (nSPS) is 26.9. The lowest BCUT2D eigenvalue weighted by molar-refractivity contribution is -0.142. The van der Waals surface area contributed by atoms with Crippen molar-refractivity contribution in [3.05, 3.63) is 0 Å². The van der Waals surface area contributed by atoms with Crippen molar-refractivity contribution in [1.29, 1.82) is 0 Å². The molecule has 1 heterocycles. The molecule has 20 heavy (non-hydrogen) atoms. The lowest BCUT2D eigenvalue weighted by atomic mass is 10.0. The van der Waals surface area contributed by atoms with Gasteiger partial charge in [0.1, 0.15) is 0 Å². The van der Waals surface area contributed by atoms with Gasteiger partial charge < -0.3 is 15.3 Å². The molecule has 0 aromatic rings. The van der Waals surface area contributed by atoms with Crippen LogP contribution in [0.5, 0.6) is 0 Å². The van der Waals surface area contributed by atoms with Crippen molar-refractivity contribution in [3.8, 4) is 0 Å². The Morgan fingerprint density at radius 3 is 2.55 bits per heavy atom. The number of nitrogens with zero attached hydrogens (tertiary/aromatic N) is 1. The number of hydrogen-bond donors (Lipinski definition) is 2. The molecule has 0 aromatic heterocycles. The minimum atomic E-state index is -0.797. The summed E-state index contributed by atoms with van der Waals surface area (Å²) in [4.78, 5) is 24.7. The van der Waals surface area contributed by atoms with E-state index in [-0.39, 0.29) is 12.1 Å². The Bertz CT molecular complexity index is 353. The van der Waals surface area contributed by atoms with Gasteiger partial charge in [-0.25, -0.2) is 4.79 Å². The fraction of sp³-hybridized carbons (Fsp3) is 0.867. The van der Waals surface area contributed by atoms with Gasteiger partial charge in [-0.1, -0.05) is 25.7 Å². The smallest absolute Gasteiger partial charge is 0.317 e. The zero-order valence-electron chi connectivity index (χ0n) is 12.3. The summed E-state index contributed by atoms with van der Waals surface area (Å²) in [6.45, 7) is 3.08. The van der Waals surface area contributed by atoms with Gasteiger partial charge in [-0.2, -0.15) is 0 Å². The highest BCUT2D eigenvalue weighted by atomic mass is 16.4. The molecule has 1 aliphatic carbocycles. The van der Waals surface area contributed by atoms with Crippen molar-refractivity contribution in [2.24, 2.45) is 11.8 Å². The molecule has 2 fully saturated rings. The maximum absolute atomic E-state index is 12.0. The van der Waals surface area contributed by atoms with Gasteiger partial charge in [-0.15, -0.1) is 0 Å². The third-order valence-electron chi connectivity index (χ3n) is 4.87. The van der Waals surface area contributed by atoms with Crippen LogP contribution in [0.4, 0.5) is 4.79 Å². The molecule has 0 aromatic carbocycles. The van der Waals surface area contributed by atoms with Crippen LogP contribution in [0.3, 0.4) is 0 Å². The third kappa shape index (κ3) is 3.64. The number of hydrogen-bond acceptors (Lipinski definition) is 2. The lowest BCUT2D eigenvalue weighted by Gasteiger charge is -2.23. The number of rotatable bonds is 5. The van der Waals surface area contributed by atoms with Gasteiger partial charge >= 0.3 is 12.0 Å². The average molecular weight is 282 g/mol. The van der Waals surface area contributed by atoms with E-state index in [9.17, 15) is 9.59 Å². The summed E-state index contributed by atoms with van der Waals surface area (Å²) >= 11 is 0. The van der Waals surface area contributed by atoms with E-state index in [0.29, 0.717) is 19.5 Å². The molecule has 2 N–H and O–H groups in total. The Balaban J connectivity index is 1.65. The molecular weight excluding hydrogens is 256 g/mol. The summed E-state index contributed by atoms with van der Waals surface area (Å²) in [6, 6.07) is -0.310. The van der Waals surface area contributed by atoms with Gasteiger partial charge in [-0.3, -0.25) is 4.79 Å². The Hall–Kier alpha value is -1.26. The first-order valence-electron chi connectivity index (χ1n) is 7.87. The molecule has 1 aliphatic heterocycles. The second-order valence-corrected chi connectivity index (χ2v) is 6.19. The van der Waals surface area contributed by atoms with Gasteiger partial charge in [0.2, 0.25) is 0 Å². The third-order valence-corrected chi connectivity index (χ3v) is 4.87. The van der Waals surface area contributed by atoms with Gasteiger partial charge in [0.25, 0.3) is 0 Å². The molecule has 0 spiro atoms. The second kappa shape index (κ2) is 6.95. The van der Waals surface area contributed by atoms with Crippen LogP contribution in [0, 0.1) is 11.8 Å². The van der Waals surface area contributed by atoms with Crippen molar-refractivity contribution in [2.45, 2.75) is 57.9 Å². The summed E-state index contributed by atoms with van der Waals surface area (Å²) in [5.41, 5.74) is 0. The molecule has 2 rings (SSSR count). The molecule has 2 atom stereocenters. The van der Waals surface area contributed by atoms with E-state index in [0.717, 1.165) is 12.3 Å². The van der Waals surface area contributed by atoms with Crippen molar-refractivity contribution >= 4 is 12.0 Å². The highest BCUT2D eigenvalue weighted by Gasteiger charge is 2.37. The van der Waals surface area contributed by atoms with Crippen molar-refractivity contribution in [2.75, 3.05) is 13.1 Å². The van der Waals surface area contributed by atoms with E-state index in [2.05, 4.69) is 5.32 Å². The highest BCUT2D eigenvalue weighted by Crippen LogP contribution is 2.28. The first kappa shape index (κ1) is 15.1. The first-order valence-corrected chi connectivity index (χ1v) is 7.87. The van der Waals surface area contributed by atoms with Crippen LogP contribution in [-0.2, 0) is 4.79 Å². The van der Waals surface area contributed by atoms with E-state index in [1.807, 2.05) is 6.92 Å². The molecule has 114 valence electrons. The molecule has 5 nitrogen and oxygen atoms in total. The summed E-state index contributed by atoms with van der Waals surface area (Å²) in [7, 11) is 0. The Morgan fingerprint density at radius 1 is 1.25 bits per heavy atom. The van der Waals surface area contributed by atoms with Crippen LogP contribution in [0.1, 0.15) is 51.9 Å². The van der Waals surface area contributed by atoms with Gasteiger partial charge in [0, 0.05) is 19.1 Å². The molecule has 2 amide bonds. The number of nitrogens with one attached hydrogen (secondary N) is 1. The van der Waals surface area contributed by atoms with E-state index < -0.39 is 11.9 Å². The lowest BCUT2D eigenvalue weighted by Crippen LogP contribution is -2.44. The number of carbonyl (C=O) groups excluding carboxylic acids is 1. The number of aliphatic carboxylic acids is 1. The van der Waals surface area contributed by atoms with Crippen LogP contribution < -0.4 is 5.32 Å².